The van der Waals surface area contributed by atoms with E-state index < -0.39 is 0 Å². The van der Waals surface area contributed by atoms with Crippen LogP contribution in [0.25, 0.3) is 0 Å². The zero-order valence-corrected chi connectivity index (χ0v) is 9.87. The van der Waals surface area contributed by atoms with E-state index in [2.05, 4.69) is 4.98 Å². The smallest absolute Gasteiger partial charge is 0.273 e. The second-order valence-corrected chi connectivity index (χ2v) is 3.79. The van der Waals surface area contributed by atoms with Gasteiger partial charge in [0.25, 0.3) is 5.91 Å². The Morgan fingerprint density at radius 1 is 1.69 bits per heavy atom. The van der Waals surface area contributed by atoms with Gasteiger partial charge >= 0.3 is 0 Å². The summed E-state index contributed by atoms with van der Waals surface area (Å²) >= 11 is 1.38. The number of aromatic nitrogens is 1. The molecule has 0 N–H and O–H groups in total. The molecule has 0 aromatic carbocycles. The van der Waals surface area contributed by atoms with E-state index in [1.54, 1.807) is 22.9 Å². The molecule has 0 unspecified atom stereocenters. The van der Waals surface area contributed by atoms with Crippen molar-refractivity contribution < 1.29 is 9.53 Å². The van der Waals surface area contributed by atoms with E-state index in [1.165, 1.54) is 11.3 Å². The second kappa shape index (κ2) is 6.93. The van der Waals surface area contributed by atoms with Crippen molar-refractivity contribution in [3.05, 3.63) is 16.6 Å². The van der Waals surface area contributed by atoms with Crippen molar-refractivity contribution in [2.45, 2.75) is 6.42 Å². The topological polar surface area (TPSA) is 66.2 Å². The highest BCUT2D eigenvalue weighted by Crippen LogP contribution is 2.06. The van der Waals surface area contributed by atoms with E-state index in [0.717, 1.165) is 0 Å². The average Bonchev–Trinajstić information content (AvgIpc) is 2.82. The number of carbonyl (C=O) groups is 1. The molecular weight excluding hydrogens is 226 g/mol. The molecule has 0 aliphatic carbocycles. The molecule has 1 amide bonds. The third-order valence-corrected chi connectivity index (χ3v) is 2.58. The normalized spacial score (nSPS) is 9.75. The Hall–Kier alpha value is -1.45. The van der Waals surface area contributed by atoms with E-state index in [4.69, 9.17) is 10.00 Å². The molecule has 1 aromatic heterocycles. The van der Waals surface area contributed by atoms with Crippen molar-refractivity contribution in [2.75, 3.05) is 26.8 Å². The molecule has 0 radical (unpaired) electrons. The minimum atomic E-state index is -0.145. The molecule has 0 aliphatic rings. The molecule has 1 rings (SSSR count). The molecule has 0 bridgehead atoms. The molecule has 86 valence electrons. The highest BCUT2D eigenvalue weighted by molar-refractivity contribution is 7.07. The number of hydrogen-bond donors (Lipinski definition) is 0. The summed E-state index contributed by atoms with van der Waals surface area (Å²) in [5.41, 5.74) is 2.05. The number of ether oxygens (including phenoxy) is 1. The number of amides is 1. The average molecular weight is 239 g/mol. The van der Waals surface area contributed by atoms with Gasteiger partial charge in [-0.2, -0.15) is 5.26 Å². The zero-order valence-electron chi connectivity index (χ0n) is 9.05. The lowest BCUT2D eigenvalue weighted by Gasteiger charge is -2.19. The van der Waals surface area contributed by atoms with Crippen molar-refractivity contribution in [2.24, 2.45) is 0 Å². The number of carbonyl (C=O) groups excluding carboxylic acids is 1. The molecule has 0 spiro atoms. The fraction of sp³-hybridized carbons (Fsp3) is 0.500. The molecule has 0 saturated carbocycles. The van der Waals surface area contributed by atoms with E-state index in [9.17, 15) is 4.79 Å². The van der Waals surface area contributed by atoms with Crippen LogP contribution in [-0.2, 0) is 4.74 Å². The van der Waals surface area contributed by atoms with Crippen LogP contribution in [0.2, 0.25) is 0 Å². The lowest BCUT2D eigenvalue weighted by Crippen LogP contribution is -2.34. The lowest BCUT2D eigenvalue weighted by molar-refractivity contribution is 0.0695. The van der Waals surface area contributed by atoms with E-state index in [0.29, 0.717) is 31.8 Å². The zero-order chi connectivity index (χ0) is 11.8. The minimum absolute atomic E-state index is 0.145. The van der Waals surface area contributed by atoms with Crippen LogP contribution in [0.5, 0.6) is 0 Å². The summed E-state index contributed by atoms with van der Waals surface area (Å²) in [5, 5.41) is 10.2. The Labute approximate surface area is 98.3 Å². The molecular formula is C10H13N3O2S. The predicted octanol–water partition coefficient (Wildman–Crippen LogP) is 1.15. The molecule has 16 heavy (non-hydrogen) atoms. The van der Waals surface area contributed by atoms with Crippen LogP contribution < -0.4 is 0 Å². The number of methoxy groups -OCH3 is 1. The SMILES string of the molecule is COCCN(CCC#N)C(=O)c1cscn1. The second-order valence-electron chi connectivity index (χ2n) is 3.07. The van der Waals surface area contributed by atoms with Gasteiger partial charge in [0.2, 0.25) is 0 Å². The van der Waals surface area contributed by atoms with Crippen molar-refractivity contribution in [3.8, 4) is 6.07 Å². The molecule has 0 aliphatic heterocycles. The van der Waals surface area contributed by atoms with Crippen molar-refractivity contribution in [1.29, 1.82) is 5.26 Å². The van der Waals surface area contributed by atoms with Gasteiger partial charge in [0.15, 0.2) is 0 Å². The Morgan fingerprint density at radius 3 is 3.06 bits per heavy atom. The summed E-state index contributed by atoms with van der Waals surface area (Å²) in [5.74, 6) is -0.145. The quantitative estimate of drug-likeness (QED) is 0.746. The van der Waals surface area contributed by atoms with Crippen LogP contribution in [0.3, 0.4) is 0 Å². The van der Waals surface area contributed by atoms with Crippen molar-refractivity contribution in [1.82, 2.24) is 9.88 Å². The highest BCUT2D eigenvalue weighted by Gasteiger charge is 2.16. The van der Waals surface area contributed by atoms with Gasteiger partial charge < -0.3 is 9.64 Å². The standard InChI is InChI=1S/C10H13N3O2S/c1-15-6-5-13(4-2-3-11)10(14)9-7-16-8-12-9/h7-8H,2,4-6H2,1H3. The van der Waals surface area contributed by atoms with Crippen LogP contribution in [0, 0.1) is 11.3 Å². The number of hydrogen-bond acceptors (Lipinski definition) is 5. The Kier molecular flexibility index (Phi) is 5.46. The third kappa shape index (κ3) is 3.61. The van der Waals surface area contributed by atoms with Gasteiger partial charge in [-0.15, -0.1) is 11.3 Å². The maximum atomic E-state index is 11.9. The summed E-state index contributed by atoms with van der Waals surface area (Å²) in [4.78, 5) is 17.5. The van der Waals surface area contributed by atoms with Crippen LogP contribution in [0.15, 0.2) is 10.9 Å². The Morgan fingerprint density at radius 2 is 2.50 bits per heavy atom. The van der Waals surface area contributed by atoms with Crippen LogP contribution in [0.4, 0.5) is 0 Å². The monoisotopic (exact) mass is 239 g/mol. The van der Waals surface area contributed by atoms with E-state index >= 15 is 0 Å². The van der Waals surface area contributed by atoms with Gasteiger partial charge in [-0.1, -0.05) is 0 Å². The van der Waals surface area contributed by atoms with Crippen LogP contribution >= 0.6 is 11.3 Å². The van der Waals surface area contributed by atoms with Gasteiger partial charge in [-0.05, 0) is 0 Å². The van der Waals surface area contributed by atoms with Crippen LogP contribution in [0.1, 0.15) is 16.9 Å². The Bertz CT molecular complexity index is 359. The molecule has 6 heteroatoms. The number of nitrogens with zero attached hydrogens (tertiary/aromatic N) is 3. The lowest BCUT2D eigenvalue weighted by atomic mass is 10.3. The first-order valence-corrected chi connectivity index (χ1v) is 5.77. The first-order valence-electron chi connectivity index (χ1n) is 4.83. The van der Waals surface area contributed by atoms with Gasteiger partial charge in [0, 0.05) is 25.6 Å². The third-order valence-electron chi connectivity index (χ3n) is 2.00. The summed E-state index contributed by atoms with van der Waals surface area (Å²) in [7, 11) is 1.58. The fourth-order valence-electron chi connectivity index (χ4n) is 1.18. The Balaban J connectivity index is 2.60. The molecule has 0 fully saturated rings. The molecule has 1 heterocycles. The van der Waals surface area contributed by atoms with Gasteiger partial charge in [-0.25, -0.2) is 4.98 Å². The number of nitriles is 1. The molecule has 5 nitrogen and oxygen atoms in total. The predicted molar refractivity (Wildman–Crippen MR) is 60.1 cm³/mol. The summed E-state index contributed by atoms with van der Waals surface area (Å²) in [6, 6.07) is 2.02. The summed E-state index contributed by atoms with van der Waals surface area (Å²) < 4.78 is 4.93. The van der Waals surface area contributed by atoms with Crippen molar-refractivity contribution >= 4 is 17.2 Å². The summed E-state index contributed by atoms with van der Waals surface area (Å²) in [6.45, 7) is 1.35. The van der Waals surface area contributed by atoms with Crippen molar-refractivity contribution in [3.63, 3.8) is 0 Å². The van der Waals surface area contributed by atoms with Crippen LogP contribution in [-0.4, -0.2) is 42.6 Å². The highest BCUT2D eigenvalue weighted by atomic mass is 32.1. The van der Waals surface area contributed by atoms with E-state index in [1.807, 2.05) is 6.07 Å². The molecule has 0 atom stereocenters. The molecule has 0 saturated heterocycles. The van der Waals surface area contributed by atoms with Gasteiger partial charge in [0.05, 0.1) is 24.6 Å². The first-order chi connectivity index (χ1) is 7.79. The van der Waals surface area contributed by atoms with Gasteiger partial charge in [0.1, 0.15) is 5.69 Å². The summed E-state index contributed by atoms with van der Waals surface area (Å²) in [6.07, 6.45) is 0.319. The first kappa shape index (κ1) is 12.6. The number of rotatable bonds is 6. The maximum Gasteiger partial charge on any atom is 0.273 e. The molecule has 1 aromatic rings. The largest absolute Gasteiger partial charge is 0.383 e. The maximum absolute atomic E-state index is 11.9. The minimum Gasteiger partial charge on any atom is -0.383 e. The van der Waals surface area contributed by atoms with Gasteiger partial charge in [-0.3, -0.25) is 4.79 Å². The van der Waals surface area contributed by atoms with E-state index in [-0.39, 0.29) is 5.91 Å². The fourth-order valence-corrected chi connectivity index (χ4v) is 1.71. The number of thiazole rings is 1.